The lowest BCUT2D eigenvalue weighted by Gasteiger charge is -2.15. The zero-order valence-corrected chi connectivity index (χ0v) is 8.22. The highest BCUT2D eigenvalue weighted by Gasteiger charge is 2.05. The zero-order valence-electron chi connectivity index (χ0n) is 8.22. The van der Waals surface area contributed by atoms with Crippen LogP contribution in [-0.2, 0) is 6.42 Å². The highest BCUT2D eigenvalue weighted by molar-refractivity contribution is 5.05. The molecule has 0 radical (unpaired) electrons. The smallest absolute Gasteiger partial charge is 0.0162 e. The van der Waals surface area contributed by atoms with Gasteiger partial charge in [-0.2, -0.15) is 0 Å². The quantitative estimate of drug-likeness (QED) is 0.610. The Balaban J connectivity index is 2.31. The Hall–Kier alpha value is -0.800. The molecule has 1 aromatic heterocycles. The van der Waals surface area contributed by atoms with Crippen LogP contribution in [0.2, 0.25) is 0 Å². The Bertz CT molecular complexity index is 206. The molecular weight excluding hydrogens is 162 g/mol. The fourth-order valence-electron chi connectivity index (χ4n) is 1.41. The molecule has 0 saturated carbocycles. The first-order valence-electron chi connectivity index (χ1n) is 4.92. The lowest BCUT2D eigenvalue weighted by Crippen LogP contribution is -2.34. The van der Waals surface area contributed by atoms with Gasteiger partial charge in [0.2, 0.25) is 0 Å². The van der Waals surface area contributed by atoms with Crippen molar-refractivity contribution < 1.29 is 0 Å². The molecule has 1 heterocycles. The maximum atomic E-state index is 5.43. The predicted octanol–water partition coefficient (Wildman–Crippen LogP) is 0.884. The summed E-state index contributed by atoms with van der Waals surface area (Å²) < 4.78 is 0. The summed E-state index contributed by atoms with van der Waals surface area (Å²) in [7, 11) is 0. The SMILES string of the molecule is CCC(Cc1ccc[nH]1)NCCN. The molecule has 1 unspecified atom stereocenters. The number of H-pyrrole nitrogens is 1. The van der Waals surface area contributed by atoms with E-state index in [9.17, 15) is 0 Å². The highest BCUT2D eigenvalue weighted by atomic mass is 14.9. The molecule has 0 amide bonds. The first-order chi connectivity index (χ1) is 6.36. The van der Waals surface area contributed by atoms with Gasteiger partial charge in [-0.15, -0.1) is 0 Å². The van der Waals surface area contributed by atoms with E-state index in [1.807, 2.05) is 12.3 Å². The van der Waals surface area contributed by atoms with Gasteiger partial charge in [0.05, 0.1) is 0 Å². The summed E-state index contributed by atoms with van der Waals surface area (Å²) in [6, 6.07) is 4.69. The Morgan fingerprint density at radius 2 is 2.46 bits per heavy atom. The van der Waals surface area contributed by atoms with E-state index < -0.39 is 0 Å². The van der Waals surface area contributed by atoms with Gasteiger partial charge in [-0.05, 0) is 18.6 Å². The molecule has 3 nitrogen and oxygen atoms in total. The van der Waals surface area contributed by atoms with Crippen LogP contribution >= 0.6 is 0 Å². The van der Waals surface area contributed by atoms with Gasteiger partial charge < -0.3 is 16.0 Å². The van der Waals surface area contributed by atoms with E-state index in [2.05, 4.69) is 23.3 Å². The minimum atomic E-state index is 0.544. The Labute approximate surface area is 79.7 Å². The van der Waals surface area contributed by atoms with E-state index in [4.69, 9.17) is 5.73 Å². The summed E-state index contributed by atoms with van der Waals surface area (Å²) in [6.07, 6.45) is 4.16. The fraction of sp³-hybridized carbons (Fsp3) is 0.600. The topological polar surface area (TPSA) is 53.8 Å². The van der Waals surface area contributed by atoms with Crippen LogP contribution in [0.1, 0.15) is 19.0 Å². The minimum Gasteiger partial charge on any atom is -0.365 e. The van der Waals surface area contributed by atoms with E-state index >= 15 is 0 Å². The first-order valence-corrected chi connectivity index (χ1v) is 4.92. The van der Waals surface area contributed by atoms with Crippen LogP contribution in [0.4, 0.5) is 0 Å². The Kier molecular flexibility index (Phi) is 4.57. The van der Waals surface area contributed by atoms with E-state index in [0.717, 1.165) is 19.4 Å². The van der Waals surface area contributed by atoms with Gasteiger partial charge in [-0.25, -0.2) is 0 Å². The molecule has 0 aliphatic rings. The lowest BCUT2D eigenvalue weighted by molar-refractivity contribution is 0.498. The highest BCUT2D eigenvalue weighted by Crippen LogP contribution is 2.02. The van der Waals surface area contributed by atoms with Gasteiger partial charge >= 0.3 is 0 Å². The second kappa shape index (κ2) is 5.78. The fourth-order valence-corrected chi connectivity index (χ4v) is 1.41. The van der Waals surface area contributed by atoms with Crippen LogP contribution in [0.15, 0.2) is 18.3 Å². The number of aromatic nitrogens is 1. The van der Waals surface area contributed by atoms with Gasteiger partial charge in [0, 0.05) is 37.4 Å². The number of nitrogens with two attached hydrogens (primary N) is 1. The zero-order chi connectivity index (χ0) is 9.52. The number of nitrogens with one attached hydrogen (secondary N) is 2. The number of hydrogen-bond donors (Lipinski definition) is 3. The third-order valence-corrected chi connectivity index (χ3v) is 2.20. The third-order valence-electron chi connectivity index (χ3n) is 2.20. The number of rotatable bonds is 6. The third kappa shape index (κ3) is 3.61. The normalized spacial score (nSPS) is 13.1. The van der Waals surface area contributed by atoms with Gasteiger partial charge in [-0.3, -0.25) is 0 Å². The van der Waals surface area contributed by atoms with E-state index in [1.165, 1.54) is 5.69 Å². The average molecular weight is 181 g/mol. The second-order valence-corrected chi connectivity index (χ2v) is 3.25. The molecule has 1 aromatic rings. The van der Waals surface area contributed by atoms with Crippen molar-refractivity contribution in [2.24, 2.45) is 5.73 Å². The Morgan fingerprint density at radius 1 is 1.62 bits per heavy atom. The second-order valence-electron chi connectivity index (χ2n) is 3.25. The lowest BCUT2D eigenvalue weighted by atomic mass is 10.1. The molecule has 0 aromatic carbocycles. The average Bonchev–Trinajstić information content (AvgIpc) is 2.64. The van der Waals surface area contributed by atoms with Crippen molar-refractivity contribution in [2.45, 2.75) is 25.8 Å². The Morgan fingerprint density at radius 3 is 3.00 bits per heavy atom. The molecule has 0 aliphatic carbocycles. The summed E-state index contributed by atoms with van der Waals surface area (Å²) in [5.74, 6) is 0. The molecule has 13 heavy (non-hydrogen) atoms. The maximum absolute atomic E-state index is 5.43. The van der Waals surface area contributed by atoms with Gasteiger partial charge in [0.25, 0.3) is 0 Å². The summed E-state index contributed by atoms with van der Waals surface area (Å²) in [6.45, 7) is 3.80. The molecule has 1 atom stereocenters. The summed E-state index contributed by atoms with van der Waals surface area (Å²) >= 11 is 0. The van der Waals surface area contributed by atoms with Crippen molar-refractivity contribution in [3.63, 3.8) is 0 Å². The van der Waals surface area contributed by atoms with Gasteiger partial charge in [-0.1, -0.05) is 6.92 Å². The van der Waals surface area contributed by atoms with E-state index in [-0.39, 0.29) is 0 Å². The molecule has 0 fully saturated rings. The van der Waals surface area contributed by atoms with Crippen molar-refractivity contribution in [3.8, 4) is 0 Å². The van der Waals surface area contributed by atoms with Crippen molar-refractivity contribution in [2.75, 3.05) is 13.1 Å². The minimum absolute atomic E-state index is 0.544. The molecule has 4 N–H and O–H groups in total. The van der Waals surface area contributed by atoms with Crippen molar-refractivity contribution in [1.29, 1.82) is 0 Å². The predicted molar refractivity (Wildman–Crippen MR) is 55.6 cm³/mol. The van der Waals surface area contributed by atoms with Crippen LogP contribution in [0.25, 0.3) is 0 Å². The standard InChI is InChI=1S/C10H19N3/c1-2-9(13-7-5-11)8-10-4-3-6-12-10/h3-4,6,9,12-13H,2,5,7-8,11H2,1H3. The van der Waals surface area contributed by atoms with Crippen molar-refractivity contribution in [1.82, 2.24) is 10.3 Å². The molecule has 1 rings (SSSR count). The number of aromatic amines is 1. The monoisotopic (exact) mass is 181 g/mol. The first kappa shape index (κ1) is 10.3. The van der Waals surface area contributed by atoms with Crippen LogP contribution < -0.4 is 11.1 Å². The maximum Gasteiger partial charge on any atom is 0.0162 e. The molecule has 0 saturated heterocycles. The molecule has 0 aliphatic heterocycles. The van der Waals surface area contributed by atoms with Crippen LogP contribution in [0.5, 0.6) is 0 Å². The van der Waals surface area contributed by atoms with Gasteiger partial charge in [0.1, 0.15) is 0 Å². The summed E-state index contributed by atoms with van der Waals surface area (Å²) in [5.41, 5.74) is 6.72. The van der Waals surface area contributed by atoms with Crippen LogP contribution in [0, 0.1) is 0 Å². The molecular formula is C10H19N3. The van der Waals surface area contributed by atoms with Gasteiger partial charge in [0.15, 0.2) is 0 Å². The molecule has 0 bridgehead atoms. The summed E-state index contributed by atoms with van der Waals surface area (Å²) in [4.78, 5) is 3.21. The van der Waals surface area contributed by atoms with Crippen LogP contribution in [0.3, 0.4) is 0 Å². The van der Waals surface area contributed by atoms with Crippen LogP contribution in [-0.4, -0.2) is 24.1 Å². The van der Waals surface area contributed by atoms with E-state index in [1.54, 1.807) is 0 Å². The number of hydrogen-bond acceptors (Lipinski definition) is 2. The van der Waals surface area contributed by atoms with Crippen molar-refractivity contribution in [3.05, 3.63) is 24.0 Å². The largest absolute Gasteiger partial charge is 0.365 e. The summed E-state index contributed by atoms with van der Waals surface area (Å²) in [5, 5.41) is 3.41. The van der Waals surface area contributed by atoms with E-state index in [0.29, 0.717) is 12.6 Å². The molecule has 74 valence electrons. The van der Waals surface area contributed by atoms with Crippen molar-refractivity contribution >= 4 is 0 Å². The molecule has 0 spiro atoms. The molecule has 3 heteroatoms.